The molecule has 5 heteroatoms. The summed E-state index contributed by atoms with van der Waals surface area (Å²) >= 11 is 1.29. The van der Waals surface area contributed by atoms with Gasteiger partial charge in [0.1, 0.15) is 5.75 Å². The summed E-state index contributed by atoms with van der Waals surface area (Å²) < 4.78 is 0. The van der Waals surface area contributed by atoms with Crippen LogP contribution in [0.4, 0.5) is 0 Å². The van der Waals surface area contributed by atoms with Crippen LogP contribution < -0.4 is 0 Å². The van der Waals surface area contributed by atoms with E-state index in [-0.39, 0.29) is 17.3 Å². The lowest BCUT2D eigenvalue weighted by Gasteiger charge is -2.00. The van der Waals surface area contributed by atoms with E-state index in [1.54, 1.807) is 30.6 Å². The minimum Gasteiger partial charge on any atom is -0.508 e. The zero-order valence-electron chi connectivity index (χ0n) is 8.91. The molecule has 0 spiro atoms. The van der Waals surface area contributed by atoms with E-state index in [0.29, 0.717) is 10.7 Å². The van der Waals surface area contributed by atoms with Crippen LogP contribution in [-0.2, 0) is 0 Å². The second kappa shape index (κ2) is 5.45. The van der Waals surface area contributed by atoms with Gasteiger partial charge in [0.25, 0.3) is 0 Å². The number of ketones is 1. The molecule has 2 aromatic rings. The Bertz CT molecular complexity index is 500. The summed E-state index contributed by atoms with van der Waals surface area (Å²) in [6, 6.07) is 7.92. The van der Waals surface area contributed by atoms with Crippen molar-refractivity contribution >= 4 is 17.5 Å². The number of thioether (sulfide) groups is 1. The maximum Gasteiger partial charge on any atom is 0.187 e. The van der Waals surface area contributed by atoms with Gasteiger partial charge in [0, 0.05) is 18.0 Å². The SMILES string of the molecule is O=C(CSc1ncccn1)c1ccc(O)cc1. The number of nitrogens with zero attached hydrogens (tertiary/aromatic N) is 2. The molecule has 0 aliphatic carbocycles. The van der Waals surface area contributed by atoms with E-state index in [0.717, 1.165) is 0 Å². The Morgan fingerprint density at radius 1 is 1.18 bits per heavy atom. The van der Waals surface area contributed by atoms with Crippen molar-refractivity contribution in [2.45, 2.75) is 5.16 Å². The van der Waals surface area contributed by atoms with Crippen LogP contribution in [0.15, 0.2) is 47.9 Å². The molecule has 0 saturated heterocycles. The van der Waals surface area contributed by atoms with E-state index in [1.807, 2.05) is 0 Å². The number of hydrogen-bond donors (Lipinski definition) is 1. The number of phenolic OH excluding ortho intramolecular Hbond substituents is 1. The second-order valence-corrected chi connectivity index (χ2v) is 4.23. The van der Waals surface area contributed by atoms with Crippen molar-refractivity contribution in [1.82, 2.24) is 9.97 Å². The number of aromatic hydroxyl groups is 1. The van der Waals surface area contributed by atoms with E-state index < -0.39 is 0 Å². The van der Waals surface area contributed by atoms with Gasteiger partial charge in [0.05, 0.1) is 5.75 Å². The van der Waals surface area contributed by atoms with Crippen LogP contribution in [0.1, 0.15) is 10.4 Å². The monoisotopic (exact) mass is 246 g/mol. The van der Waals surface area contributed by atoms with Gasteiger partial charge < -0.3 is 5.11 Å². The topological polar surface area (TPSA) is 63.1 Å². The molecule has 0 radical (unpaired) electrons. The molecule has 1 aromatic heterocycles. The lowest BCUT2D eigenvalue weighted by molar-refractivity contribution is 0.102. The zero-order valence-corrected chi connectivity index (χ0v) is 9.72. The molecule has 0 atom stereocenters. The molecule has 2 rings (SSSR count). The molecular weight excluding hydrogens is 236 g/mol. The van der Waals surface area contributed by atoms with Crippen molar-refractivity contribution in [1.29, 1.82) is 0 Å². The van der Waals surface area contributed by atoms with E-state index in [1.165, 1.54) is 23.9 Å². The number of rotatable bonds is 4. The standard InChI is InChI=1S/C12H10N2O2S/c15-10-4-2-9(3-5-10)11(16)8-17-12-13-6-1-7-14-12/h1-7,15H,8H2. The molecule has 86 valence electrons. The molecule has 0 amide bonds. The fraction of sp³-hybridized carbons (Fsp3) is 0.0833. The van der Waals surface area contributed by atoms with Crippen LogP contribution in [0.25, 0.3) is 0 Å². The molecule has 0 bridgehead atoms. The Balaban J connectivity index is 1.96. The zero-order chi connectivity index (χ0) is 12.1. The first kappa shape index (κ1) is 11.6. The number of carbonyl (C=O) groups is 1. The quantitative estimate of drug-likeness (QED) is 0.509. The summed E-state index contributed by atoms with van der Waals surface area (Å²) in [7, 11) is 0. The van der Waals surface area contributed by atoms with Crippen LogP contribution in [0.5, 0.6) is 5.75 Å². The van der Waals surface area contributed by atoms with E-state index >= 15 is 0 Å². The van der Waals surface area contributed by atoms with Gasteiger partial charge >= 0.3 is 0 Å². The first-order valence-corrected chi connectivity index (χ1v) is 5.96. The molecule has 0 saturated carbocycles. The third-order valence-electron chi connectivity index (χ3n) is 2.06. The predicted octanol–water partition coefficient (Wildman–Crippen LogP) is 2.16. The molecule has 0 unspecified atom stereocenters. The molecule has 0 aliphatic heterocycles. The van der Waals surface area contributed by atoms with Gasteiger partial charge in [-0.05, 0) is 30.3 Å². The summed E-state index contributed by atoms with van der Waals surface area (Å²) in [5.41, 5.74) is 0.575. The Labute approximate surface area is 103 Å². The maximum atomic E-state index is 11.8. The second-order valence-electron chi connectivity index (χ2n) is 3.29. The van der Waals surface area contributed by atoms with Crippen molar-refractivity contribution in [2.24, 2.45) is 0 Å². The normalized spacial score (nSPS) is 10.1. The number of Topliss-reactive ketones (excluding diaryl/α,β-unsaturated/α-hetero) is 1. The molecule has 1 N–H and O–H groups in total. The largest absolute Gasteiger partial charge is 0.508 e. The third-order valence-corrected chi connectivity index (χ3v) is 2.94. The summed E-state index contributed by atoms with van der Waals surface area (Å²) in [6.45, 7) is 0. The van der Waals surface area contributed by atoms with Crippen molar-refractivity contribution < 1.29 is 9.90 Å². The fourth-order valence-electron chi connectivity index (χ4n) is 1.22. The van der Waals surface area contributed by atoms with Gasteiger partial charge in [-0.3, -0.25) is 4.79 Å². The lowest BCUT2D eigenvalue weighted by Crippen LogP contribution is -2.02. The molecule has 1 aromatic carbocycles. The van der Waals surface area contributed by atoms with Gasteiger partial charge in [-0.2, -0.15) is 0 Å². The Hall–Kier alpha value is -1.88. The highest BCUT2D eigenvalue weighted by Crippen LogP contribution is 2.15. The highest BCUT2D eigenvalue weighted by Gasteiger charge is 2.07. The van der Waals surface area contributed by atoms with E-state index in [9.17, 15) is 4.79 Å². The Morgan fingerprint density at radius 2 is 1.82 bits per heavy atom. The van der Waals surface area contributed by atoms with Crippen molar-refractivity contribution in [3.63, 3.8) is 0 Å². The van der Waals surface area contributed by atoms with Crippen LogP contribution in [0, 0.1) is 0 Å². The fourth-order valence-corrected chi connectivity index (χ4v) is 1.92. The van der Waals surface area contributed by atoms with Crippen LogP contribution in [0.2, 0.25) is 0 Å². The smallest absolute Gasteiger partial charge is 0.187 e. The lowest BCUT2D eigenvalue weighted by atomic mass is 10.1. The van der Waals surface area contributed by atoms with Gasteiger partial charge in [0.15, 0.2) is 10.9 Å². The van der Waals surface area contributed by atoms with Crippen LogP contribution in [-0.4, -0.2) is 26.6 Å². The summed E-state index contributed by atoms with van der Waals surface area (Å²) in [5.74, 6) is 0.428. The van der Waals surface area contributed by atoms with E-state index in [2.05, 4.69) is 9.97 Å². The molecule has 1 heterocycles. The van der Waals surface area contributed by atoms with Crippen molar-refractivity contribution in [3.05, 3.63) is 48.3 Å². The average Bonchev–Trinajstić information content (AvgIpc) is 2.38. The molecule has 0 fully saturated rings. The Kier molecular flexibility index (Phi) is 3.72. The van der Waals surface area contributed by atoms with Crippen molar-refractivity contribution in [3.8, 4) is 5.75 Å². The number of benzene rings is 1. The third kappa shape index (κ3) is 3.29. The summed E-state index contributed by atoms with van der Waals surface area (Å²) in [5, 5.41) is 9.69. The Morgan fingerprint density at radius 3 is 2.47 bits per heavy atom. The number of aromatic nitrogens is 2. The summed E-state index contributed by atoms with van der Waals surface area (Å²) in [6.07, 6.45) is 3.28. The first-order valence-electron chi connectivity index (χ1n) is 4.98. The van der Waals surface area contributed by atoms with Crippen LogP contribution in [0.3, 0.4) is 0 Å². The van der Waals surface area contributed by atoms with Gasteiger partial charge in [-0.15, -0.1) is 0 Å². The van der Waals surface area contributed by atoms with Crippen LogP contribution >= 0.6 is 11.8 Å². The predicted molar refractivity (Wildman–Crippen MR) is 65.2 cm³/mol. The average molecular weight is 246 g/mol. The first-order chi connectivity index (χ1) is 8.25. The number of hydrogen-bond acceptors (Lipinski definition) is 5. The minimum atomic E-state index is -0.0116. The van der Waals surface area contributed by atoms with Gasteiger partial charge in [-0.25, -0.2) is 9.97 Å². The molecule has 0 aliphatic rings. The van der Waals surface area contributed by atoms with Gasteiger partial charge in [0.2, 0.25) is 0 Å². The highest BCUT2D eigenvalue weighted by molar-refractivity contribution is 7.99. The van der Waals surface area contributed by atoms with Gasteiger partial charge in [-0.1, -0.05) is 11.8 Å². The number of carbonyl (C=O) groups excluding carboxylic acids is 1. The number of phenols is 1. The summed E-state index contributed by atoms with van der Waals surface area (Å²) in [4.78, 5) is 19.8. The maximum absolute atomic E-state index is 11.8. The van der Waals surface area contributed by atoms with E-state index in [4.69, 9.17) is 5.11 Å². The minimum absolute atomic E-state index is 0.0116. The molecule has 17 heavy (non-hydrogen) atoms. The molecule has 4 nitrogen and oxygen atoms in total. The highest BCUT2D eigenvalue weighted by atomic mass is 32.2. The molecular formula is C12H10N2O2S. The van der Waals surface area contributed by atoms with Crippen molar-refractivity contribution in [2.75, 3.05) is 5.75 Å².